The molecule has 98 valence electrons. The smallest absolute Gasteiger partial charge is 0.127 e. The Balaban J connectivity index is 0.000000492. The van der Waals surface area contributed by atoms with Gasteiger partial charge in [0.15, 0.2) is 0 Å². The highest BCUT2D eigenvalue weighted by Gasteiger charge is 2.23. The van der Waals surface area contributed by atoms with E-state index in [1.807, 2.05) is 19.0 Å². The van der Waals surface area contributed by atoms with Crippen LogP contribution in [0.4, 0.5) is 4.39 Å². The molecule has 0 aliphatic carbocycles. The van der Waals surface area contributed by atoms with Crippen LogP contribution in [0.5, 0.6) is 5.75 Å². The molecule has 1 aliphatic rings. The first-order valence-electron chi connectivity index (χ1n) is 5.48. The van der Waals surface area contributed by atoms with Gasteiger partial charge in [-0.3, -0.25) is 10.4 Å². The van der Waals surface area contributed by atoms with Crippen molar-refractivity contribution in [3.8, 4) is 5.75 Å². The summed E-state index contributed by atoms with van der Waals surface area (Å²) in [5.41, 5.74) is 5.82. The SMILES string of the molecule is C[C@H]1CN(C)N=C1c1ccc(F)cc1O.N=CN. The second kappa shape index (κ2) is 6.00. The summed E-state index contributed by atoms with van der Waals surface area (Å²) >= 11 is 0. The maximum atomic E-state index is 12.8. The number of phenols is 1. The van der Waals surface area contributed by atoms with Gasteiger partial charge in [0.05, 0.1) is 12.1 Å². The van der Waals surface area contributed by atoms with Gasteiger partial charge < -0.3 is 10.8 Å². The maximum absolute atomic E-state index is 12.8. The molecule has 1 atom stereocenters. The molecule has 0 saturated heterocycles. The molecule has 1 aromatic carbocycles. The predicted octanol–water partition coefficient (Wildman–Crippen LogP) is 1.37. The molecular formula is C12H17FN4O. The first kappa shape index (κ1) is 14.0. The summed E-state index contributed by atoms with van der Waals surface area (Å²) in [6.07, 6.45) is 0.750. The van der Waals surface area contributed by atoms with Crippen LogP contribution in [0.15, 0.2) is 23.3 Å². The van der Waals surface area contributed by atoms with E-state index in [4.69, 9.17) is 5.41 Å². The fourth-order valence-electron chi connectivity index (χ4n) is 1.85. The normalized spacial score (nSPS) is 17.8. The third kappa shape index (κ3) is 3.19. The Kier molecular flexibility index (Phi) is 4.65. The van der Waals surface area contributed by atoms with Crippen LogP contribution in [0.1, 0.15) is 12.5 Å². The standard InChI is InChI=1S/C11H13FN2O.CH4N2/c1-7-6-14(2)13-11(7)9-4-3-8(12)5-10(9)15;2-1-3/h3-5,7,15H,6H2,1-2H3;1H,(H3,2,3)/t7-;/m0./s1. The van der Waals surface area contributed by atoms with Crippen LogP contribution in [-0.2, 0) is 0 Å². The Bertz CT molecular complexity index is 461. The van der Waals surface area contributed by atoms with Crippen LogP contribution in [-0.4, -0.2) is 35.8 Å². The first-order chi connectivity index (χ1) is 8.49. The molecule has 1 aromatic rings. The van der Waals surface area contributed by atoms with Crippen LogP contribution < -0.4 is 5.73 Å². The summed E-state index contributed by atoms with van der Waals surface area (Å²) in [4.78, 5) is 0. The van der Waals surface area contributed by atoms with Crippen LogP contribution in [0.3, 0.4) is 0 Å². The van der Waals surface area contributed by atoms with Crippen molar-refractivity contribution in [2.75, 3.05) is 13.6 Å². The Morgan fingerprint density at radius 3 is 2.67 bits per heavy atom. The molecule has 0 amide bonds. The van der Waals surface area contributed by atoms with Crippen molar-refractivity contribution in [2.45, 2.75) is 6.92 Å². The lowest BCUT2D eigenvalue weighted by atomic mass is 9.98. The number of nitrogens with zero attached hydrogens (tertiary/aromatic N) is 2. The van der Waals surface area contributed by atoms with E-state index < -0.39 is 5.82 Å². The minimum atomic E-state index is -0.434. The number of nitrogens with two attached hydrogens (primary N) is 1. The molecule has 0 aromatic heterocycles. The molecule has 5 nitrogen and oxygen atoms in total. The van der Waals surface area contributed by atoms with Gasteiger partial charge in [0, 0.05) is 31.1 Å². The fraction of sp³-hybridized carbons (Fsp3) is 0.333. The van der Waals surface area contributed by atoms with Crippen molar-refractivity contribution < 1.29 is 9.50 Å². The Labute approximate surface area is 105 Å². The zero-order chi connectivity index (χ0) is 13.7. The van der Waals surface area contributed by atoms with Crippen molar-refractivity contribution in [3.63, 3.8) is 0 Å². The lowest BCUT2D eigenvalue weighted by Crippen LogP contribution is -2.14. The second-order valence-corrected chi connectivity index (χ2v) is 4.05. The highest BCUT2D eigenvalue weighted by atomic mass is 19.1. The molecule has 0 fully saturated rings. The Hall–Kier alpha value is -2.11. The number of halogens is 1. The number of nitrogens with one attached hydrogen (secondary N) is 1. The summed E-state index contributed by atoms with van der Waals surface area (Å²) < 4.78 is 12.8. The number of rotatable bonds is 1. The van der Waals surface area contributed by atoms with Crippen LogP contribution in [0, 0.1) is 17.1 Å². The van der Waals surface area contributed by atoms with Gasteiger partial charge in [-0.1, -0.05) is 6.92 Å². The molecule has 1 heterocycles. The molecule has 18 heavy (non-hydrogen) atoms. The summed E-state index contributed by atoms with van der Waals surface area (Å²) in [6, 6.07) is 4.02. The van der Waals surface area contributed by atoms with E-state index in [0.717, 1.165) is 24.7 Å². The molecule has 1 aliphatic heterocycles. The monoisotopic (exact) mass is 252 g/mol. The van der Waals surface area contributed by atoms with Gasteiger partial charge in [-0.05, 0) is 12.1 Å². The third-order valence-electron chi connectivity index (χ3n) is 2.52. The summed E-state index contributed by atoms with van der Waals surface area (Å²) in [6.45, 7) is 2.86. The Morgan fingerprint density at radius 1 is 1.61 bits per heavy atom. The van der Waals surface area contributed by atoms with Crippen LogP contribution >= 0.6 is 0 Å². The summed E-state index contributed by atoms with van der Waals surface area (Å²) in [7, 11) is 1.88. The van der Waals surface area contributed by atoms with E-state index in [1.54, 1.807) is 6.07 Å². The largest absolute Gasteiger partial charge is 0.507 e. The van der Waals surface area contributed by atoms with Crippen molar-refractivity contribution in [3.05, 3.63) is 29.6 Å². The highest BCUT2D eigenvalue weighted by Crippen LogP contribution is 2.25. The zero-order valence-corrected chi connectivity index (χ0v) is 10.4. The topological polar surface area (TPSA) is 85.7 Å². The van der Waals surface area contributed by atoms with Crippen molar-refractivity contribution in [2.24, 2.45) is 16.8 Å². The van der Waals surface area contributed by atoms with E-state index in [2.05, 4.69) is 10.8 Å². The predicted molar refractivity (Wildman–Crippen MR) is 69.4 cm³/mol. The van der Waals surface area contributed by atoms with Crippen LogP contribution in [0.2, 0.25) is 0 Å². The molecule has 4 N–H and O–H groups in total. The van der Waals surface area contributed by atoms with E-state index >= 15 is 0 Å². The molecule has 6 heteroatoms. The summed E-state index contributed by atoms with van der Waals surface area (Å²) in [5.74, 6) is -0.224. The zero-order valence-electron chi connectivity index (χ0n) is 10.4. The minimum absolute atomic E-state index is 0.0455. The van der Waals surface area contributed by atoms with Gasteiger partial charge in [0.2, 0.25) is 0 Å². The maximum Gasteiger partial charge on any atom is 0.127 e. The average molecular weight is 252 g/mol. The number of aromatic hydroxyl groups is 1. The quantitative estimate of drug-likeness (QED) is 0.521. The lowest BCUT2D eigenvalue weighted by Gasteiger charge is -2.07. The van der Waals surface area contributed by atoms with Crippen molar-refractivity contribution >= 4 is 12.1 Å². The van der Waals surface area contributed by atoms with Gasteiger partial charge in [0.1, 0.15) is 11.6 Å². The molecule has 0 bridgehead atoms. The first-order valence-corrected chi connectivity index (χ1v) is 5.48. The Morgan fingerprint density at radius 2 is 2.22 bits per heavy atom. The van der Waals surface area contributed by atoms with Gasteiger partial charge in [-0.15, -0.1) is 0 Å². The molecule has 2 rings (SSSR count). The van der Waals surface area contributed by atoms with E-state index in [0.29, 0.717) is 5.56 Å². The third-order valence-corrected chi connectivity index (χ3v) is 2.52. The van der Waals surface area contributed by atoms with E-state index in [1.165, 1.54) is 6.07 Å². The number of hydrogen-bond acceptors (Lipinski definition) is 4. The average Bonchev–Trinajstić information content (AvgIpc) is 2.59. The lowest BCUT2D eigenvalue weighted by molar-refractivity contribution is 0.368. The van der Waals surface area contributed by atoms with Gasteiger partial charge in [-0.25, -0.2) is 4.39 Å². The fourth-order valence-corrected chi connectivity index (χ4v) is 1.85. The minimum Gasteiger partial charge on any atom is -0.507 e. The van der Waals surface area contributed by atoms with Crippen molar-refractivity contribution in [1.82, 2.24) is 5.01 Å². The number of hydrogen-bond donors (Lipinski definition) is 3. The number of phenolic OH excluding ortho intramolecular Hbond substituents is 1. The van der Waals surface area contributed by atoms with Gasteiger partial charge in [-0.2, -0.15) is 5.10 Å². The van der Waals surface area contributed by atoms with E-state index in [-0.39, 0.29) is 11.7 Å². The highest BCUT2D eigenvalue weighted by molar-refractivity contribution is 6.04. The number of benzene rings is 1. The molecule has 0 radical (unpaired) electrons. The van der Waals surface area contributed by atoms with Crippen LogP contribution in [0.25, 0.3) is 0 Å². The van der Waals surface area contributed by atoms with Gasteiger partial charge in [0.25, 0.3) is 0 Å². The number of hydrazone groups is 1. The summed E-state index contributed by atoms with van der Waals surface area (Å²) in [5, 5.41) is 21.6. The van der Waals surface area contributed by atoms with E-state index in [9.17, 15) is 9.50 Å². The molecule has 0 unspecified atom stereocenters. The second-order valence-electron chi connectivity index (χ2n) is 4.05. The molecule has 0 spiro atoms. The van der Waals surface area contributed by atoms with Gasteiger partial charge >= 0.3 is 0 Å². The van der Waals surface area contributed by atoms with Crippen molar-refractivity contribution in [1.29, 1.82) is 5.41 Å². The molecular weight excluding hydrogens is 235 g/mol. The molecule has 0 saturated carbocycles.